The summed E-state index contributed by atoms with van der Waals surface area (Å²) < 4.78 is 2.52. The molecule has 1 nitrogen and oxygen atoms in total. The number of fused-ring (bicyclic) bond motifs is 6. The number of rotatable bonds is 9. The maximum Gasteiger partial charge on any atom is 0.0714 e. The highest BCUT2D eigenvalue weighted by Crippen LogP contribution is 2.62. The molecule has 0 spiro atoms. The third-order valence-electron chi connectivity index (χ3n) is 14.2. The smallest absolute Gasteiger partial charge is 0.0714 e. The molecule has 1 aromatic heterocycles. The average molecular weight is 896 g/mol. The van der Waals surface area contributed by atoms with Crippen molar-refractivity contribution in [2.45, 2.75) is 5.41 Å². The first kappa shape index (κ1) is 40.7. The molecule has 0 atom stereocenters. The van der Waals surface area contributed by atoms with Crippen molar-refractivity contribution < 1.29 is 0 Å². The van der Waals surface area contributed by atoms with Gasteiger partial charge in [0.05, 0.1) is 11.1 Å². The molecule has 11 aromatic carbocycles. The Kier molecular flexibility index (Phi) is 10.00. The van der Waals surface area contributed by atoms with Gasteiger partial charge in [0, 0.05) is 37.1 Å². The monoisotopic (exact) mass is 895 g/mol. The van der Waals surface area contributed by atoms with Crippen LogP contribution in [-0.2, 0) is 5.41 Å². The standard InChI is InChI=1S/C67H45NS/c1-6-18-46(19-7-1)49-30-32-50(33-31-49)52-36-41-57(42-37-52)68(56-39-34-51(35-40-56)47-20-8-2-9-21-47)66-64-58-28-16-17-29-60(58)67(54-24-12-4-13-25-54,55-26-14-5-15-27-55)61(64)45-63-65(66)59-44-53(38-43-62(59)69-63)48-22-10-3-11-23-48/h1-45H. The van der Waals surface area contributed by atoms with Gasteiger partial charge in [0.1, 0.15) is 0 Å². The van der Waals surface area contributed by atoms with E-state index in [1.54, 1.807) is 0 Å². The van der Waals surface area contributed by atoms with Crippen LogP contribution in [0.3, 0.4) is 0 Å². The van der Waals surface area contributed by atoms with Crippen LogP contribution >= 0.6 is 11.3 Å². The molecular weight excluding hydrogens is 851 g/mol. The second kappa shape index (κ2) is 16.9. The Morgan fingerprint density at radius 2 is 0.696 bits per heavy atom. The van der Waals surface area contributed by atoms with Crippen LogP contribution < -0.4 is 4.90 Å². The molecule has 0 bridgehead atoms. The summed E-state index contributed by atoms with van der Waals surface area (Å²) in [4.78, 5) is 2.56. The largest absolute Gasteiger partial charge is 0.309 e. The van der Waals surface area contributed by atoms with Gasteiger partial charge in [-0.3, -0.25) is 0 Å². The molecule has 0 fully saturated rings. The predicted molar refractivity (Wildman–Crippen MR) is 293 cm³/mol. The van der Waals surface area contributed by atoms with Gasteiger partial charge in [-0.2, -0.15) is 0 Å². The molecule has 324 valence electrons. The summed E-state index contributed by atoms with van der Waals surface area (Å²) in [5.74, 6) is 0. The van der Waals surface area contributed by atoms with Gasteiger partial charge in [0.2, 0.25) is 0 Å². The minimum absolute atomic E-state index is 0.582. The van der Waals surface area contributed by atoms with E-state index >= 15 is 0 Å². The second-order valence-electron chi connectivity index (χ2n) is 18.0. The molecule has 0 N–H and O–H groups in total. The second-order valence-corrected chi connectivity index (χ2v) is 19.0. The van der Waals surface area contributed by atoms with Gasteiger partial charge >= 0.3 is 0 Å². The van der Waals surface area contributed by atoms with Crippen molar-refractivity contribution in [2.24, 2.45) is 0 Å². The summed E-state index contributed by atoms with van der Waals surface area (Å²) in [6.45, 7) is 0. The minimum Gasteiger partial charge on any atom is -0.309 e. The first-order chi connectivity index (χ1) is 34.2. The molecule has 2 heteroatoms. The summed E-state index contributed by atoms with van der Waals surface area (Å²) in [5.41, 5.74) is 20.0. The number of nitrogens with zero attached hydrogens (tertiary/aromatic N) is 1. The van der Waals surface area contributed by atoms with E-state index in [9.17, 15) is 0 Å². The number of benzene rings is 11. The summed E-state index contributed by atoms with van der Waals surface area (Å²) in [5, 5.41) is 2.51. The van der Waals surface area contributed by atoms with Crippen molar-refractivity contribution in [3.63, 3.8) is 0 Å². The van der Waals surface area contributed by atoms with Crippen LogP contribution in [0.25, 0.3) is 75.8 Å². The molecule has 1 aliphatic rings. The van der Waals surface area contributed by atoms with Crippen LogP contribution in [0.15, 0.2) is 273 Å². The van der Waals surface area contributed by atoms with E-state index < -0.39 is 5.41 Å². The van der Waals surface area contributed by atoms with E-state index in [0.717, 1.165) is 11.4 Å². The van der Waals surface area contributed by atoms with E-state index in [1.165, 1.54) is 104 Å². The van der Waals surface area contributed by atoms with Gasteiger partial charge in [-0.05, 0) is 115 Å². The Morgan fingerprint density at radius 1 is 0.304 bits per heavy atom. The molecule has 0 radical (unpaired) electrons. The molecule has 1 heterocycles. The molecule has 13 rings (SSSR count). The molecule has 0 saturated heterocycles. The summed E-state index contributed by atoms with van der Waals surface area (Å²) in [6, 6.07) is 101. The number of hydrogen-bond donors (Lipinski definition) is 0. The summed E-state index contributed by atoms with van der Waals surface area (Å²) in [6.07, 6.45) is 0. The Hall–Kier alpha value is -8.56. The highest BCUT2D eigenvalue weighted by molar-refractivity contribution is 7.26. The first-order valence-electron chi connectivity index (χ1n) is 23.7. The van der Waals surface area contributed by atoms with Crippen LogP contribution in [0.2, 0.25) is 0 Å². The van der Waals surface area contributed by atoms with Crippen LogP contribution in [0.4, 0.5) is 17.1 Å². The molecule has 0 saturated carbocycles. The molecule has 0 unspecified atom stereocenters. The lowest BCUT2D eigenvalue weighted by Gasteiger charge is -2.35. The van der Waals surface area contributed by atoms with Gasteiger partial charge in [-0.1, -0.05) is 231 Å². The Morgan fingerprint density at radius 3 is 1.19 bits per heavy atom. The number of hydrogen-bond acceptors (Lipinski definition) is 2. The number of thiophene rings is 1. The van der Waals surface area contributed by atoms with Gasteiger partial charge < -0.3 is 4.90 Å². The Labute approximate surface area is 407 Å². The molecule has 69 heavy (non-hydrogen) atoms. The number of anilines is 3. The topological polar surface area (TPSA) is 3.24 Å². The fourth-order valence-corrected chi connectivity index (χ4v) is 12.1. The van der Waals surface area contributed by atoms with Gasteiger partial charge in [-0.15, -0.1) is 11.3 Å². The van der Waals surface area contributed by atoms with Crippen LogP contribution in [0.1, 0.15) is 22.3 Å². The highest BCUT2D eigenvalue weighted by atomic mass is 32.1. The van der Waals surface area contributed by atoms with Crippen molar-refractivity contribution in [2.75, 3.05) is 4.90 Å². The van der Waals surface area contributed by atoms with Crippen molar-refractivity contribution in [1.29, 1.82) is 0 Å². The van der Waals surface area contributed by atoms with Crippen molar-refractivity contribution in [3.8, 4) is 55.6 Å². The van der Waals surface area contributed by atoms with Gasteiger partial charge in [0.25, 0.3) is 0 Å². The Bertz CT molecular complexity index is 3730. The maximum atomic E-state index is 2.56. The van der Waals surface area contributed by atoms with E-state index in [0.29, 0.717) is 0 Å². The zero-order chi connectivity index (χ0) is 45.7. The lowest BCUT2D eigenvalue weighted by Crippen LogP contribution is -2.28. The minimum atomic E-state index is -0.582. The fraction of sp³-hybridized carbons (Fsp3) is 0.0149. The van der Waals surface area contributed by atoms with E-state index in [-0.39, 0.29) is 0 Å². The summed E-state index contributed by atoms with van der Waals surface area (Å²) in [7, 11) is 0. The first-order valence-corrected chi connectivity index (χ1v) is 24.6. The quantitative estimate of drug-likeness (QED) is 0.140. The van der Waals surface area contributed by atoms with Crippen LogP contribution in [-0.4, -0.2) is 0 Å². The molecular formula is C67H45NS. The predicted octanol–water partition coefficient (Wildman–Crippen LogP) is 18.6. The molecule has 1 aliphatic carbocycles. The van der Waals surface area contributed by atoms with Crippen molar-refractivity contribution >= 4 is 48.6 Å². The van der Waals surface area contributed by atoms with E-state index in [2.05, 4.69) is 278 Å². The van der Waals surface area contributed by atoms with E-state index in [1.807, 2.05) is 11.3 Å². The van der Waals surface area contributed by atoms with Crippen molar-refractivity contribution in [3.05, 3.63) is 295 Å². The van der Waals surface area contributed by atoms with Crippen LogP contribution in [0, 0.1) is 0 Å². The normalized spacial score (nSPS) is 12.5. The average Bonchev–Trinajstić information content (AvgIpc) is 3.95. The third kappa shape index (κ3) is 6.83. The van der Waals surface area contributed by atoms with E-state index in [4.69, 9.17) is 0 Å². The molecule has 0 amide bonds. The van der Waals surface area contributed by atoms with Crippen LogP contribution in [0.5, 0.6) is 0 Å². The van der Waals surface area contributed by atoms with Gasteiger partial charge in [0.15, 0.2) is 0 Å². The zero-order valence-electron chi connectivity index (χ0n) is 37.8. The lowest BCUT2D eigenvalue weighted by atomic mass is 9.67. The zero-order valence-corrected chi connectivity index (χ0v) is 38.7. The highest BCUT2D eigenvalue weighted by Gasteiger charge is 2.48. The SMILES string of the molecule is c1ccc(-c2ccc(-c3ccc(N(c4ccc(-c5ccccc5)cc4)c4c5c(cc6sc7ccc(-c8ccccc8)cc7c46)C(c4ccccc4)(c4ccccc4)c4ccccc4-5)cc3)cc2)cc1. The van der Waals surface area contributed by atoms with Gasteiger partial charge in [-0.25, -0.2) is 0 Å². The maximum absolute atomic E-state index is 2.56. The fourth-order valence-electron chi connectivity index (χ4n) is 11.0. The Balaban J connectivity index is 1.11. The lowest BCUT2D eigenvalue weighted by molar-refractivity contribution is 0.770. The molecule has 0 aliphatic heterocycles. The third-order valence-corrected chi connectivity index (χ3v) is 15.3. The molecule has 12 aromatic rings. The van der Waals surface area contributed by atoms with Crippen molar-refractivity contribution in [1.82, 2.24) is 0 Å². The summed E-state index contributed by atoms with van der Waals surface area (Å²) >= 11 is 1.90.